The molecule has 0 spiro atoms. The van der Waals surface area contributed by atoms with E-state index in [4.69, 9.17) is 0 Å². The second-order valence-corrected chi connectivity index (χ2v) is 12.4. The Morgan fingerprint density at radius 3 is 2.45 bits per heavy atom. The van der Waals surface area contributed by atoms with Gasteiger partial charge in [-0.15, -0.1) is 11.8 Å². The maximum absolute atomic E-state index is 9.67. The van der Waals surface area contributed by atoms with Gasteiger partial charge in [0, 0.05) is 12.5 Å². The highest BCUT2D eigenvalue weighted by Crippen LogP contribution is 2.12. The van der Waals surface area contributed by atoms with Gasteiger partial charge in [-0.1, -0.05) is 43.4 Å². The fourth-order valence-corrected chi connectivity index (χ4v) is 2.32. The van der Waals surface area contributed by atoms with Crippen LogP contribution in [0.15, 0.2) is 23.8 Å². The number of hydrogen-bond donors (Lipinski definition) is 1. The van der Waals surface area contributed by atoms with Gasteiger partial charge in [-0.25, -0.2) is 0 Å². The molecule has 0 bridgehead atoms. The van der Waals surface area contributed by atoms with E-state index in [1.54, 1.807) is 0 Å². The van der Waals surface area contributed by atoms with Crippen LogP contribution >= 0.6 is 0 Å². The van der Waals surface area contributed by atoms with Crippen LogP contribution in [0.25, 0.3) is 0 Å². The Kier molecular flexibility index (Phi) is 9.63. The molecule has 0 aliphatic heterocycles. The predicted octanol–water partition coefficient (Wildman–Crippen LogP) is 5.16. The van der Waals surface area contributed by atoms with Crippen LogP contribution in [0, 0.1) is 11.8 Å². The zero-order valence-electron chi connectivity index (χ0n) is 14.1. The van der Waals surface area contributed by atoms with Crippen molar-refractivity contribution in [3.8, 4) is 11.8 Å². The lowest BCUT2D eigenvalue weighted by Crippen LogP contribution is -2.17. The first-order chi connectivity index (χ1) is 9.22. The molecule has 1 atom stereocenters. The van der Waals surface area contributed by atoms with E-state index in [1.807, 2.05) is 6.92 Å². The topological polar surface area (TPSA) is 20.2 Å². The molecule has 0 heterocycles. The standard InChI is InChI=1S/C18H32OSi/c1-16(2)18(19)14-13-17(3)12-10-8-7-9-11-15-20(4,5)6/h12,18-19H,1,7-8,10,13-15H2,2-6H3/b17-12+. The summed E-state index contributed by atoms with van der Waals surface area (Å²) in [5, 5.41) is 9.67. The molecule has 0 saturated heterocycles. The first-order valence-corrected chi connectivity index (χ1v) is 11.4. The molecule has 0 aliphatic rings. The first-order valence-electron chi connectivity index (χ1n) is 7.67. The van der Waals surface area contributed by atoms with Crippen molar-refractivity contribution >= 4 is 8.07 Å². The van der Waals surface area contributed by atoms with E-state index in [0.29, 0.717) is 0 Å². The zero-order chi connectivity index (χ0) is 15.6. The minimum Gasteiger partial charge on any atom is -0.389 e. The van der Waals surface area contributed by atoms with Gasteiger partial charge < -0.3 is 5.11 Å². The molecular weight excluding hydrogens is 260 g/mol. The van der Waals surface area contributed by atoms with Crippen molar-refractivity contribution in [3.63, 3.8) is 0 Å². The highest BCUT2D eigenvalue weighted by Gasteiger charge is 2.09. The van der Waals surface area contributed by atoms with Gasteiger partial charge in [-0.05, 0) is 39.5 Å². The number of allylic oxidation sites excluding steroid dienone is 2. The SMILES string of the molecule is C=C(C)C(O)CC/C(C)=C/CCCC#CC[Si](C)(C)C. The van der Waals surface area contributed by atoms with Gasteiger partial charge in [0.2, 0.25) is 0 Å². The van der Waals surface area contributed by atoms with E-state index < -0.39 is 8.07 Å². The minimum absolute atomic E-state index is 0.356. The normalized spacial score (nSPS) is 13.6. The van der Waals surface area contributed by atoms with E-state index >= 15 is 0 Å². The third-order valence-corrected chi connectivity index (χ3v) is 4.36. The average Bonchev–Trinajstić information content (AvgIpc) is 2.33. The van der Waals surface area contributed by atoms with Gasteiger partial charge in [0.15, 0.2) is 0 Å². The van der Waals surface area contributed by atoms with Crippen molar-refractivity contribution in [2.24, 2.45) is 0 Å². The maximum Gasteiger partial charge on any atom is 0.0747 e. The molecule has 0 fully saturated rings. The highest BCUT2D eigenvalue weighted by molar-refractivity contribution is 6.76. The third-order valence-electron chi connectivity index (χ3n) is 3.12. The zero-order valence-corrected chi connectivity index (χ0v) is 15.1. The van der Waals surface area contributed by atoms with E-state index in [1.165, 1.54) is 5.57 Å². The molecular formula is C18H32OSi. The summed E-state index contributed by atoms with van der Waals surface area (Å²) in [4.78, 5) is 0. The molecule has 0 rings (SSSR count). The summed E-state index contributed by atoms with van der Waals surface area (Å²) >= 11 is 0. The molecule has 0 aromatic heterocycles. The molecule has 1 unspecified atom stereocenters. The van der Waals surface area contributed by atoms with E-state index in [2.05, 4.69) is 51.1 Å². The molecule has 2 heteroatoms. The van der Waals surface area contributed by atoms with Crippen LogP contribution in [0.4, 0.5) is 0 Å². The van der Waals surface area contributed by atoms with Crippen molar-refractivity contribution < 1.29 is 5.11 Å². The van der Waals surface area contributed by atoms with E-state index in [-0.39, 0.29) is 6.10 Å². The average molecular weight is 293 g/mol. The van der Waals surface area contributed by atoms with Gasteiger partial charge in [0.05, 0.1) is 14.2 Å². The van der Waals surface area contributed by atoms with Crippen LogP contribution in [0.5, 0.6) is 0 Å². The Hall–Kier alpha value is -0.783. The number of aliphatic hydroxyl groups excluding tert-OH is 1. The number of unbranched alkanes of at least 4 members (excludes halogenated alkanes) is 2. The summed E-state index contributed by atoms with van der Waals surface area (Å²) in [5.41, 5.74) is 2.22. The largest absolute Gasteiger partial charge is 0.389 e. The monoisotopic (exact) mass is 292 g/mol. The Morgan fingerprint density at radius 1 is 1.25 bits per heavy atom. The van der Waals surface area contributed by atoms with Crippen molar-refractivity contribution in [2.75, 3.05) is 0 Å². The summed E-state index contributed by atoms with van der Waals surface area (Å²) in [7, 11) is -0.991. The predicted molar refractivity (Wildman–Crippen MR) is 93.6 cm³/mol. The van der Waals surface area contributed by atoms with Crippen molar-refractivity contribution in [3.05, 3.63) is 23.8 Å². The van der Waals surface area contributed by atoms with Gasteiger partial charge in [0.25, 0.3) is 0 Å². The summed E-state index contributed by atoms with van der Waals surface area (Å²) in [5.74, 6) is 6.60. The Morgan fingerprint density at radius 2 is 1.90 bits per heavy atom. The molecule has 0 radical (unpaired) electrons. The van der Waals surface area contributed by atoms with Crippen LogP contribution < -0.4 is 0 Å². The third kappa shape index (κ3) is 12.3. The van der Waals surface area contributed by atoms with Crippen molar-refractivity contribution in [2.45, 2.75) is 77.7 Å². The minimum atomic E-state index is -0.991. The second-order valence-electron chi connectivity index (χ2n) is 6.93. The first kappa shape index (κ1) is 19.2. The fourth-order valence-electron chi connectivity index (χ4n) is 1.67. The molecule has 1 nitrogen and oxygen atoms in total. The number of aliphatic hydroxyl groups is 1. The molecule has 20 heavy (non-hydrogen) atoms. The number of rotatable bonds is 8. The highest BCUT2D eigenvalue weighted by atomic mass is 28.3. The Balaban J connectivity index is 3.76. The van der Waals surface area contributed by atoms with Gasteiger partial charge in [-0.3, -0.25) is 0 Å². The van der Waals surface area contributed by atoms with Crippen molar-refractivity contribution in [1.29, 1.82) is 0 Å². The van der Waals surface area contributed by atoms with Gasteiger partial charge in [0.1, 0.15) is 0 Å². The Bertz CT molecular complexity index is 376. The van der Waals surface area contributed by atoms with E-state index in [9.17, 15) is 5.11 Å². The van der Waals surface area contributed by atoms with E-state index in [0.717, 1.165) is 43.7 Å². The lowest BCUT2D eigenvalue weighted by Gasteiger charge is -2.09. The van der Waals surface area contributed by atoms with Crippen molar-refractivity contribution in [1.82, 2.24) is 0 Å². The smallest absolute Gasteiger partial charge is 0.0747 e. The lowest BCUT2D eigenvalue weighted by molar-refractivity contribution is 0.201. The van der Waals surface area contributed by atoms with Crippen LogP contribution in [0.1, 0.15) is 46.0 Å². The van der Waals surface area contributed by atoms with Crippen LogP contribution in [0.2, 0.25) is 25.7 Å². The molecule has 0 aromatic carbocycles. The number of hydrogen-bond acceptors (Lipinski definition) is 1. The molecule has 0 aliphatic carbocycles. The summed E-state index contributed by atoms with van der Waals surface area (Å²) in [6, 6.07) is 1.11. The second kappa shape index (κ2) is 10.0. The summed E-state index contributed by atoms with van der Waals surface area (Å²) in [6.45, 7) is 14.9. The van der Waals surface area contributed by atoms with Crippen LogP contribution in [-0.4, -0.2) is 19.3 Å². The molecule has 0 aromatic rings. The molecule has 0 amide bonds. The summed E-state index contributed by atoms with van der Waals surface area (Å²) in [6.07, 6.45) is 6.90. The fraction of sp³-hybridized carbons (Fsp3) is 0.667. The van der Waals surface area contributed by atoms with Gasteiger partial charge in [-0.2, -0.15) is 0 Å². The maximum atomic E-state index is 9.67. The van der Waals surface area contributed by atoms with Crippen LogP contribution in [0.3, 0.4) is 0 Å². The quantitative estimate of drug-likeness (QED) is 0.283. The Labute approximate surface area is 127 Å². The lowest BCUT2D eigenvalue weighted by atomic mass is 10.0. The molecule has 1 N–H and O–H groups in total. The van der Waals surface area contributed by atoms with Gasteiger partial charge >= 0.3 is 0 Å². The summed E-state index contributed by atoms with van der Waals surface area (Å²) < 4.78 is 0. The molecule has 0 saturated carbocycles. The molecule has 114 valence electrons. The van der Waals surface area contributed by atoms with Crippen LogP contribution in [-0.2, 0) is 0 Å².